The Labute approximate surface area is 543 Å². The first kappa shape index (κ1) is 68.1. The van der Waals surface area contributed by atoms with Crippen LogP contribution in [0.15, 0.2) is 51.1 Å². The van der Waals surface area contributed by atoms with Crippen molar-refractivity contribution in [2.24, 2.45) is 28.6 Å². The molecule has 24 nitrogen and oxygen atoms in total. The van der Waals surface area contributed by atoms with Crippen LogP contribution >= 0.6 is 0 Å². The average molecular weight is 1290 g/mol. The smallest absolute Gasteiger partial charge is 0.343 e. The minimum Gasteiger partial charge on any atom is -0.458 e. The van der Waals surface area contributed by atoms with Gasteiger partial charge in [-0.3, -0.25) is 33.6 Å². The maximum absolute atomic E-state index is 13.7. The van der Waals surface area contributed by atoms with E-state index in [1.165, 1.54) is 0 Å². The Hall–Kier alpha value is -8.80. The molecule has 24 heteroatoms. The van der Waals surface area contributed by atoms with E-state index in [1.54, 1.807) is 49.0 Å². The summed E-state index contributed by atoms with van der Waals surface area (Å²) in [5, 5.41) is 33.3. The number of ketones is 3. The zero-order chi connectivity index (χ0) is 66.7. The summed E-state index contributed by atoms with van der Waals surface area (Å²) in [5.41, 5.74) is 23.0. The number of nitrogens with one attached hydrogen (secondary N) is 2. The first-order valence-electron chi connectivity index (χ1n) is 32.1. The van der Waals surface area contributed by atoms with Crippen molar-refractivity contribution >= 4 is 62.9 Å². The van der Waals surface area contributed by atoms with E-state index >= 15 is 0 Å². The van der Waals surface area contributed by atoms with Gasteiger partial charge in [0.15, 0.2) is 28.6 Å². The fraction of sp³-hybridized carbons (Fsp3) is 0.500. The summed E-state index contributed by atoms with van der Waals surface area (Å²) < 4.78 is 18.9. The lowest BCUT2D eigenvalue weighted by Gasteiger charge is -2.31. The normalized spacial score (nSPS) is 18.9. The van der Waals surface area contributed by atoms with Crippen LogP contribution in [0.3, 0.4) is 0 Å². The number of amides is 2. The number of rotatable bonds is 21. The van der Waals surface area contributed by atoms with Crippen molar-refractivity contribution in [1.29, 1.82) is 0 Å². The number of aromatic nitrogens is 4. The number of benzene rings is 2. The number of ether oxygens (including phenoxy) is 3. The maximum atomic E-state index is 13.7. The van der Waals surface area contributed by atoms with Crippen molar-refractivity contribution < 1.29 is 58.0 Å². The Balaban J connectivity index is 0.000000207. The Bertz CT molecular complexity index is 4350. The predicted molar refractivity (Wildman–Crippen MR) is 348 cm³/mol. The number of aryl methyl sites for hydroxylation is 4. The molecule has 2 aliphatic carbocycles. The number of Topliss-reactive ketones (excluding diaryl/α,β-unsaturated/α-hetero) is 3. The summed E-state index contributed by atoms with van der Waals surface area (Å²) in [4.78, 5) is 130. The zero-order valence-electron chi connectivity index (χ0n) is 53.7. The molecule has 0 saturated carbocycles. The molecule has 8 heterocycles. The number of cyclic esters (lactones) is 2. The number of carbonyl (C=O) groups is 7. The molecule has 496 valence electrons. The second-order valence-electron chi connectivity index (χ2n) is 26.1. The molecular formula is C70H82N10O14. The third kappa shape index (κ3) is 12.0. The summed E-state index contributed by atoms with van der Waals surface area (Å²) >= 11 is 0. The molecule has 6 aromatic rings. The van der Waals surface area contributed by atoms with E-state index < -0.39 is 47.2 Å². The monoisotopic (exact) mass is 1290 g/mol. The van der Waals surface area contributed by atoms with Crippen molar-refractivity contribution in [3.05, 3.63) is 134 Å². The van der Waals surface area contributed by atoms with Crippen molar-refractivity contribution in [2.75, 3.05) is 19.8 Å². The lowest BCUT2D eigenvalue weighted by atomic mass is 9.83. The van der Waals surface area contributed by atoms with Crippen LogP contribution in [-0.4, -0.2) is 108 Å². The molecule has 0 bridgehead atoms. The predicted octanol–water partition coefficient (Wildman–Crippen LogP) is 6.55. The van der Waals surface area contributed by atoms with E-state index in [2.05, 4.69) is 20.7 Å². The van der Waals surface area contributed by atoms with Crippen LogP contribution in [0.25, 0.3) is 55.0 Å². The molecule has 0 radical (unpaired) electrons. The van der Waals surface area contributed by atoms with Crippen LogP contribution in [0.1, 0.15) is 162 Å². The third-order valence-electron chi connectivity index (χ3n) is 19.7. The van der Waals surface area contributed by atoms with Crippen molar-refractivity contribution in [2.45, 2.75) is 189 Å². The van der Waals surface area contributed by atoms with E-state index in [4.69, 9.17) is 35.4 Å². The molecule has 12 rings (SSSR count). The van der Waals surface area contributed by atoms with Crippen LogP contribution in [0.4, 0.5) is 0 Å². The number of carbonyl (C=O) groups excluding carboxylic acids is 7. The van der Waals surface area contributed by atoms with Gasteiger partial charge in [0.05, 0.1) is 82.8 Å². The molecule has 94 heavy (non-hydrogen) atoms. The lowest BCUT2D eigenvalue weighted by molar-refractivity contribution is -0.172. The number of nitrogens with two attached hydrogens (primary N) is 1. The topological polar surface area (TPSA) is 356 Å². The van der Waals surface area contributed by atoms with E-state index in [9.17, 15) is 53.4 Å². The number of pyridine rings is 4. The lowest BCUT2D eigenvalue weighted by Crippen LogP contribution is -2.49. The number of hydrogen-bond donors (Lipinski definition) is 5. The standard InChI is InChI=1S/C37H42N6O8.C32H36N4O6.CH4/c1-5-37(49)28-15-30-33-26(16-43(30)35(47)27(28)18-51-36(37)48)24-8-6-7-23-21(9-10-29(41-33)32(23)24)13-31(45)20(4)40-34(46)25(19(2)3)14-22(44)17-50-12-11-39-42-38;1-5-32(41)22-12-24-28-20(13-36(24)30(39)21(22)14-42-31(32)40)19-8-6-7-18-17(9-10-23(35-28)26(18)19)11-25(37)16(4)34-29(38)27(33)15(2)3;/h9-10,15,19-20,25,49H,5-8,11-14,16-18H2,1-4H3,(H,40,46);9-10,12,15-16,27,41H,5-8,11,13-14,33H2,1-4H3,(H,34,38);1H4/t20-,25-,37-;16-,27-,32-;/m00./s1. The minimum absolute atomic E-state index is 0. The minimum atomic E-state index is -1.90. The number of hydrogen-bond acceptors (Lipinski definition) is 18. The van der Waals surface area contributed by atoms with Crippen LogP contribution in [0, 0.1) is 17.8 Å². The molecule has 0 unspecified atom stereocenters. The van der Waals surface area contributed by atoms with Gasteiger partial charge >= 0.3 is 11.9 Å². The molecule has 4 aliphatic heterocycles. The highest BCUT2D eigenvalue weighted by molar-refractivity contribution is 5.98. The van der Waals surface area contributed by atoms with E-state index in [0.29, 0.717) is 47.0 Å². The van der Waals surface area contributed by atoms with Crippen LogP contribution in [0.2, 0.25) is 0 Å². The first-order valence-corrected chi connectivity index (χ1v) is 32.1. The average Bonchev–Trinajstić information content (AvgIpc) is 1.45. The Morgan fingerprint density at radius 3 is 1.54 bits per heavy atom. The van der Waals surface area contributed by atoms with Gasteiger partial charge in [-0.1, -0.05) is 66.2 Å². The third-order valence-corrected chi connectivity index (χ3v) is 19.7. The fourth-order valence-corrected chi connectivity index (χ4v) is 14.2. The first-order chi connectivity index (χ1) is 44.3. The largest absolute Gasteiger partial charge is 0.458 e. The SMILES string of the molecule is C.CC[C@@]1(O)C(=O)OCc2c1cc1n(c2=O)Cc2c-1nc1ccc(CC(=O)[C@H](C)NC(=O)[C@@H](CC(=O)COCCN=[N+]=[N-])C(C)C)c3c1c2CCC3.CC[C@@]1(O)C(=O)OCc2c1cc1n(c2=O)Cc2c-1nc1ccc(CC(=O)[C@H](C)NC(=O)[C@@H](N)C(C)C)c3c1c2CCC3. The van der Waals surface area contributed by atoms with Gasteiger partial charge in [-0.15, -0.1) is 0 Å². The molecular weight excluding hydrogens is 1200 g/mol. The molecule has 6 aliphatic rings. The van der Waals surface area contributed by atoms with Crippen LogP contribution in [-0.2, 0) is 124 Å². The molecule has 6 N–H and O–H groups in total. The van der Waals surface area contributed by atoms with E-state index in [1.807, 2.05) is 52.0 Å². The summed E-state index contributed by atoms with van der Waals surface area (Å²) in [5.74, 6) is -3.57. The summed E-state index contributed by atoms with van der Waals surface area (Å²) in [6.45, 7) is 14.4. The van der Waals surface area contributed by atoms with E-state index in [-0.39, 0.29) is 136 Å². The quantitative estimate of drug-likeness (QED) is 0.0167. The van der Waals surface area contributed by atoms with Crippen molar-refractivity contribution in [3.63, 3.8) is 0 Å². The van der Waals surface area contributed by atoms with Gasteiger partial charge in [0.1, 0.15) is 19.8 Å². The Kier molecular flexibility index (Phi) is 19.5. The van der Waals surface area contributed by atoms with Crippen molar-refractivity contribution in [1.82, 2.24) is 29.7 Å². The highest BCUT2D eigenvalue weighted by atomic mass is 16.6. The molecule has 4 aromatic heterocycles. The van der Waals surface area contributed by atoms with Gasteiger partial charge in [-0.2, -0.15) is 0 Å². The number of fused-ring (bicyclic) bond motifs is 10. The molecule has 0 spiro atoms. The van der Waals surface area contributed by atoms with Gasteiger partial charge in [0.25, 0.3) is 11.1 Å². The van der Waals surface area contributed by atoms with Gasteiger partial charge in [-0.25, -0.2) is 19.6 Å². The van der Waals surface area contributed by atoms with Gasteiger partial charge < -0.3 is 49.9 Å². The zero-order valence-corrected chi connectivity index (χ0v) is 53.7. The van der Waals surface area contributed by atoms with Crippen molar-refractivity contribution in [3.8, 4) is 22.8 Å². The molecule has 2 amide bonds. The van der Waals surface area contributed by atoms with Crippen LogP contribution < -0.4 is 27.5 Å². The van der Waals surface area contributed by atoms with Gasteiger partial charge in [0.2, 0.25) is 11.8 Å². The molecule has 2 aromatic carbocycles. The number of aliphatic hydroxyl groups is 2. The molecule has 0 fully saturated rings. The summed E-state index contributed by atoms with van der Waals surface area (Å²) in [6.07, 6.45) is 5.26. The summed E-state index contributed by atoms with van der Waals surface area (Å²) in [6, 6.07) is 8.93. The number of esters is 2. The fourth-order valence-electron chi connectivity index (χ4n) is 14.2. The number of azide groups is 1. The van der Waals surface area contributed by atoms with Gasteiger partial charge in [0, 0.05) is 69.7 Å². The molecule has 0 saturated heterocycles. The second kappa shape index (κ2) is 26.9. The maximum Gasteiger partial charge on any atom is 0.343 e. The Morgan fingerprint density at radius 1 is 0.670 bits per heavy atom. The summed E-state index contributed by atoms with van der Waals surface area (Å²) in [7, 11) is 0. The highest BCUT2D eigenvalue weighted by Crippen LogP contribution is 2.45. The highest BCUT2D eigenvalue weighted by Gasteiger charge is 2.47. The second-order valence-corrected chi connectivity index (χ2v) is 26.1. The number of nitrogens with zero attached hydrogens (tertiary/aromatic N) is 7. The molecule has 6 atom stereocenters. The van der Waals surface area contributed by atoms with E-state index in [0.717, 1.165) is 105 Å². The Morgan fingerprint density at radius 2 is 1.12 bits per heavy atom. The van der Waals surface area contributed by atoms with Crippen LogP contribution in [0.5, 0.6) is 0 Å². The van der Waals surface area contributed by atoms with Gasteiger partial charge in [-0.05, 0) is 140 Å².